The molecule has 0 aromatic heterocycles. The Morgan fingerprint density at radius 3 is 2.02 bits per heavy atom. The van der Waals surface area contributed by atoms with Crippen LogP contribution in [0, 0.1) is 13.8 Å². The molecule has 8 heteroatoms. The molecule has 7 nitrogen and oxygen atoms in total. The number of rotatable bonds is 14. The van der Waals surface area contributed by atoms with E-state index in [1.54, 1.807) is 36.4 Å². The van der Waals surface area contributed by atoms with E-state index < -0.39 is 28.5 Å². The molecule has 4 aromatic rings. The van der Waals surface area contributed by atoms with Crippen LogP contribution in [0.3, 0.4) is 0 Å². The summed E-state index contributed by atoms with van der Waals surface area (Å²) in [6.07, 6.45) is 2.01. The lowest BCUT2D eigenvalue weighted by Gasteiger charge is -2.34. The third kappa shape index (κ3) is 8.57. The first-order chi connectivity index (χ1) is 21.2. The van der Waals surface area contributed by atoms with Crippen molar-refractivity contribution in [1.29, 1.82) is 0 Å². The van der Waals surface area contributed by atoms with Gasteiger partial charge in [-0.1, -0.05) is 104 Å². The summed E-state index contributed by atoms with van der Waals surface area (Å²) in [5, 5.41) is 3.02. The standard InChI is InChI=1S/C36H41N3O4S/c1-4-5-22-37-36(41)34(25-30-16-8-6-9-17-30)38(26-31-18-12-14-28(2)23-31)35(40)27-39(32-19-13-15-29(3)24-32)44(42,43)33-20-10-7-11-21-33/h6-21,23-24,34H,4-5,22,25-27H2,1-3H3,(H,37,41)/t34-/m1/s1. The van der Waals surface area contributed by atoms with Crippen molar-refractivity contribution in [3.8, 4) is 0 Å². The molecule has 2 amide bonds. The molecule has 0 aliphatic rings. The number of sulfonamides is 1. The van der Waals surface area contributed by atoms with Gasteiger partial charge in [-0.2, -0.15) is 0 Å². The summed E-state index contributed by atoms with van der Waals surface area (Å²) >= 11 is 0. The summed E-state index contributed by atoms with van der Waals surface area (Å²) in [5.74, 6) is -0.740. The Labute approximate surface area is 261 Å². The SMILES string of the molecule is CCCCNC(=O)[C@@H](Cc1ccccc1)N(Cc1cccc(C)c1)C(=O)CN(c1cccc(C)c1)S(=O)(=O)c1ccccc1. The Morgan fingerprint density at radius 2 is 1.39 bits per heavy atom. The molecule has 1 atom stereocenters. The largest absolute Gasteiger partial charge is 0.354 e. The molecule has 4 rings (SSSR count). The van der Waals surface area contributed by atoms with Gasteiger partial charge in [-0.15, -0.1) is 0 Å². The number of aryl methyl sites for hydroxylation is 2. The quantitative estimate of drug-likeness (QED) is 0.176. The number of nitrogens with one attached hydrogen (secondary N) is 1. The maximum atomic E-state index is 14.5. The lowest BCUT2D eigenvalue weighted by molar-refractivity contribution is -0.140. The zero-order valence-corrected chi connectivity index (χ0v) is 26.5. The van der Waals surface area contributed by atoms with Crippen molar-refractivity contribution in [2.75, 3.05) is 17.4 Å². The van der Waals surface area contributed by atoms with E-state index in [4.69, 9.17) is 0 Å². The van der Waals surface area contributed by atoms with Gasteiger partial charge in [0.25, 0.3) is 10.0 Å². The first-order valence-corrected chi connectivity index (χ1v) is 16.4. The number of hydrogen-bond acceptors (Lipinski definition) is 4. The third-order valence-corrected chi connectivity index (χ3v) is 9.22. The molecule has 0 saturated heterocycles. The van der Waals surface area contributed by atoms with Crippen LogP contribution in [-0.2, 0) is 32.6 Å². The Balaban J connectivity index is 1.78. The Kier molecular flexibility index (Phi) is 11.3. The van der Waals surface area contributed by atoms with Gasteiger partial charge in [-0.05, 0) is 61.2 Å². The average Bonchev–Trinajstić information content (AvgIpc) is 3.02. The zero-order chi connectivity index (χ0) is 31.5. The summed E-state index contributed by atoms with van der Waals surface area (Å²) < 4.78 is 29.2. The van der Waals surface area contributed by atoms with Crippen LogP contribution in [0.4, 0.5) is 5.69 Å². The maximum Gasteiger partial charge on any atom is 0.264 e. The highest BCUT2D eigenvalue weighted by Gasteiger charge is 2.34. The van der Waals surface area contributed by atoms with Gasteiger partial charge in [0.05, 0.1) is 10.6 Å². The van der Waals surface area contributed by atoms with Crippen LogP contribution >= 0.6 is 0 Å². The van der Waals surface area contributed by atoms with Gasteiger partial charge in [-0.3, -0.25) is 13.9 Å². The highest BCUT2D eigenvalue weighted by atomic mass is 32.2. The van der Waals surface area contributed by atoms with Gasteiger partial charge in [0.15, 0.2) is 0 Å². The minimum Gasteiger partial charge on any atom is -0.354 e. The number of hydrogen-bond donors (Lipinski definition) is 1. The monoisotopic (exact) mass is 611 g/mol. The topological polar surface area (TPSA) is 86.8 Å². The van der Waals surface area contributed by atoms with E-state index >= 15 is 0 Å². The van der Waals surface area contributed by atoms with E-state index in [9.17, 15) is 18.0 Å². The fourth-order valence-corrected chi connectivity index (χ4v) is 6.53. The van der Waals surface area contributed by atoms with E-state index in [1.165, 1.54) is 17.0 Å². The zero-order valence-electron chi connectivity index (χ0n) is 25.6. The maximum absolute atomic E-state index is 14.5. The van der Waals surface area contributed by atoms with Crippen LogP contribution in [0.1, 0.15) is 42.0 Å². The second-order valence-corrected chi connectivity index (χ2v) is 12.9. The van der Waals surface area contributed by atoms with Crippen LogP contribution in [-0.4, -0.2) is 44.3 Å². The van der Waals surface area contributed by atoms with Crippen molar-refractivity contribution >= 4 is 27.5 Å². The Hall–Kier alpha value is -4.43. The number of anilines is 1. The molecule has 230 valence electrons. The summed E-state index contributed by atoms with van der Waals surface area (Å²) in [7, 11) is -4.12. The molecule has 4 aromatic carbocycles. The first kappa shape index (κ1) is 32.5. The van der Waals surface area contributed by atoms with Gasteiger partial charge in [0.1, 0.15) is 12.6 Å². The van der Waals surface area contributed by atoms with E-state index in [1.807, 2.05) is 81.4 Å². The fraction of sp³-hybridized carbons (Fsp3) is 0.278. The van der Waals surface area contributed by atoms with E-state index in [0.717, 1.165) is 39.4 Å². The normalized spacial score (nSPS) is 11.9. The number of carbonyl (C=O) groups is 2. The summed E-state index contributed by atoms with van der Waals surface area (Å²) in [4.78, 5) is 29.9. The molecule has 0 unspecified atom stereocenters. The molecule has 0 spiro atoms. The first-order valence-electron chi connectivity index (χ1n) is 15.0. The molecule has 44 heavy (non-hydrogen) atoms. The minimum atomic E-state index is -4.12. The number of unbranched alkanes of at least 4 members (excludes halogenated alkanes) is 1. The molecular weight excluding hydrogens is 570 g/mol. The van der Waals surface area contributed by atoms with Gasteiger partial charge in [0.2, 0.25) is 11.8 Å². The highest BCUT2D eigenvalue weighted by Crippen LogP contribution is 2.26. The smallest absolute Gasteiger partial charge is 0.264 e. The summed E-state index contributed by atoms with van der Waals surface area (Å²) in [5.41, 5.74) is 4.01. The lowest BCUT2D eigenvalue weighted by Crippen LogP contribution is -2.53. The van der Waals surface area contributed by atoms with E-state index in [-0.39, 0.29) is 23.8 Å². The van der Waals surface area contributed by atoms with Crippen molar-refractivity contribution < 1.29 is 18.0 Å². The lowest BCUT2D eigenvalue weighted by atomic mass is 10.0. The predicted octanol–water partition coefficient (Wildman–Crippen LogP) is 6.06. The van der Waals surface area contributed by atoms with Crippen molar-refractivity contribution in [2.24, 2.45) is 0 Å². The number of carbonyl (C=O) groups excluding carboxylic acids is 2. The fourth-order valence-electron chi connectivity index (χ4n) is 5.10. The van der Waals surface area contributed by atoms with Crippen molar-refractivity contribution in [3.05, 3.63) is 131 Å². The Morgan fingerprint density at radius 1 is 0.773 bits per heavy atom. The average molecular weight is 612 g/mol. The molecule has 0 heterocycles. The van der Waals surface area contributed by atoms with E-state index in [2.05, 4.69) is 5.32 Å². The van der Waals surface area contributed by atoms with Crippen LogP contribution < -0.4 is 9.62 Å². The third-order valence-electron chi connectivity index (χ3n) is 7.44. The van der Waals surface area contributed by atoms with Crippen molar-refractivity contribution in [1.82, 2.24) is 10.2 Å². The van der Waals surface area contributed by atoms with Crippen molar-refractivity contribution in [3.63, 3.8) is 0 Å². The van der Waals surface area contributed by atoms with Crippen LogP contribution in [0.2, 0.25) is 0 Å². The summed E-state index contributed by atoms with van der Waals surface area (Å²) in [6.45, 7) is 6.06. The molecule has 0 aliphatic heterocycles. The molecular formula is C36H41N3O4S. The molecule has 0 saturated carbocycles. The number of nitrogens with zero attached hydrogens (tertiary/aromatic N) is 2. The van der Waals surface area contributed by atoms with Crippen LogP contribution in [0.5, 0.6) is 0 Å². The van der Waals surface area contributed by atoms with Crippen LogP contribution in [0.25, 0.3) is 0 Å². The molecule has 0 radical (unpaired) electrons. The number of benzene rings is 4. The van der Waals surface area contributed by atoms with Gasteiger partial charge in [0, 0.05) is 19.5 Å². The van der Waals surface area contributed by atoms with Gasteiger partial charge >= 0.3 is 0 Å². The van der Waals surface area contributed by atoms with Gasteiger partial charge < -0.3 is 10.2 Å². The molecule has 0 aliphatic carbocycles. The highest BCUT2D eigenvalue weighted by molar-refractivity contribution is 7.92. The second kappa shape index (κ2) is 15.3. The number of amides is 2. The van der Waals surface area contributed by atoms with Crippen molar-refractivity contribution in [2.45, 2.75) is 57.5 Å². The molecule has 0 bridgehead atoms. The second-order valence-electron chi connectivity index (χ2n) is 11.0. The van der Waals surface area contributed by atoms with Gasteiger partial charge in [-0.25, -0.2) is 8.42 Å². The van der Waals surface area contributed by atoms with E-state index in [0.29, 0.717) is 12.2 Å². The predicted molar refractivity (Wildman–Crippen MR) is 176 cm³/mol. The minimum absolute atomic E-state index is 0.0812. The molecule has 1 N–H and O–H groups in total. The Bertz CT molecular complexity index is 1640. The molecule has 0 fully saturated rings. The van der Waals surface area contributed by atoms with Crippen LogP contribution in [0.15, 0.2) is 114 Å². The summed E-state index contributed by atoms with van der Waals surface area (Å²) in [6, 6.07) is 31.7.